The lowest BCUT2D eigenvalue weighted by molar-refractivity contribution is -0.164. The number of methoxy groups -OCH3 is 2. The number of likely N-dealkylation sites (tertiary alicyclic amines) is 1. The number of aliphatic hydroxyl groups excluding tert-OH is 2. The van der Waals surface area contributed by atoms with Crippen molar-refractivity contribution in [2.75, 3.05) is 27.4 Å². The number of ether oxygens (including phenoxy) is 2. The highest BCUT2D eigenvalue weighted by molar-refractivity contribution is 6.29. The lowest BCUT2D eigenvalue weighted by Gasteiger charge is -2.54. The molecule has 0 aromatic heterocycles. The molecule has 1 aliphatic rings. The van der Waals surface area contributed by atoms with E-state index >= 15 is 0 Å². The van der Waals surface area contributed by atoms with Crippen molar-refractivity contribution in [3.8, 4) is 0 Å². The Hall–Kier alpha value is -1.18. The predicted octanol–water partition coefficient (Wildman–Crippen LogP) is 0.325. The van der Waals surface area contributed by atoms with Crippen LogP contribution in [0.5, 0.6) is 0 Å². The summed E-state index contributed by atoms with van der Waals surface area (Å²) in [6, 6.07) is 0. The van der Waals surface area contributed by atoms with Crippen LogP contribution in [0.15, 0.2) is 0 Å². The van der Waals surface area contributed by atoms with Crippen LogP contribution in [0.4, 0.5) is 0 Å². The Labute approximate surface area is 132 Å². The fourth-order valence-corrected chi connectivity index (χ4v) is 3.14. The molecule has 2 N–H and O–H groups in total. The number of piperidine rings is 1. The number of esters is 2. The van der Waals surface area contributed by atoms with Gasteiger partial charge in [-0.15, -0.1) is 0 Å². The number of β-amino-alcohol motifs (C(OH)–C–C–N with tert-alkyl or cyclic N) is 1. The molecule has 0 aromatic carbocycles. The number of hydrogen-bond donors (Lipinski definition) is 2. The van der Waals surface area contributed by atoms with Gasteiger partial charge < -0.3 is 19.7 Å². The molecule has 1 saturated heterocycles. The Bertz CT molecular complexity index is 348. The number of hydrogen-bond acceptors (Lipinski definition) is 7. The minimum atomic E-state index is -0.979. The van der Waals surface area contributed by atoms with Crippen LogP contribution in [0.2, 0.25) is 0 Å². The van der Waals surface area contributed by atoms with Gasteiger partial charge in [0.1, 0.15) is 0 Å². The molecular formula is C15H29NO6. The Balaban J connectivity index is 0.000000472. The van der Waals surface area contributed by atoms with Gasteiger partial charge in [-0.3, -0.25) is 4.90 Å². The van der Waals surface area contributed by atoms with Gasteiger partial charge in [-0.05, 0) is 40.5 Å². The maximum absolute atomic E-state index is 10.0. The molecule has 22 heavy (non-hydrogen) atoms. The fourth-order valence-electron chi connectivity index (χ4n) is 3.14. The van der Waals surface area contributed by atoms with Crippen molar-refractivity contribution in [2.45, 2.75) is 57.7 Å². The highest BCUT2D eigenvalue weighted by Gasteiger charge is 2.44. The van der Waals surface area contributed by atoms with Crippen LogP contribution >= 0.6 is 0 Å². The minimum absolute atomic E-state index is 0.0239. The summed E-state index contributed by atoms with van der Waals surface area (Å²) in [4.78, 5) is 22.4. The lowest BCUT2D eigenvalue weighted by atomic mass is 9.78. The van der Waals surface area contributed by atoms with Crippen molar-refractivity contribution in [1.82, 2.24) is 4.90 Å². The van der Waals surface area contributed by atoms with Crippen molar-refractivity contribution in [3.63, 3.8) is 0 Å². The number of aliphatic hydroxyl groups is 2. The summed E-state index contributed by atoms with van der Waals surface area (Å²) >= 11 is 0. The molecule has 0 amide bonds. The van der Waals surface area contributed by atoms with E-state index in [2.05, 4.69) is 42.1 Å². The summed E-state index contributed by atoms with van der Waals surface area (Å²) in [5, 5.41) is 18.8. The van der Waals surface area contributed by atoms with Gasteiger partial charge in [0.2, 0.25) is 0 Å². The summed E-state index contributed by atoms with van der Waals surface area (Å²) < 4.78 is 7.98. The minimum Gasteiger partial charge on any atom is -0.461 e. The second-order valence-corrected chi connectivity index (χ2v) is 6.55. The number of carbonyl (C=O) groups is 2. The lowest BCUT2D eigenvalue weighted by Crippen LogP contribution is -2.62. The van der Waals surface area contributed by atoms with Crippen LogP contribution in [-0.4, -0.2) is 71.6 Å². The Morgan fingerprint density at radius 3 is 1.68 bits per heavy atom. The molecule has 1 rings (SSSR count). The average Bonchev–Trinajstić information content (AvgIpc) is 2.40. The average molecular weight is 319 g/mol. The highest BCUT2D eigenvalue weighted by atomic mass is 16.6. The molecule has 1 fully saturated rings. The second-order valence-electron chi connectivity index (χ2n) is 6.55. The van der Waals surface area contributed by atoms with E-state index in [0.29, 0.717) is 6.54 Å². The van der Waals surface area contributed by atoms with Crippen molar-refractivity contribution < 1.29 is 29.3 Å². The van der Waals surface area contributed by atoms with Gasteiger partial charge in [0.15, 0.2) is 0 Å². The second kappa shape index (κ2) is 8.45. The molecule has 0 atom stereocenters. The third-order valence-electron chi connectivity index (χ3n) is 3.79. The van der Waals surface area contributed by atoms with Gasteiger partial charge in [-0.1, -0.05) is 0 Å². The van der Waals surface area contributed by atoms with Crippen molar-refractivity contribution in [3.05, 3.63) is 0 Å². The van der Waals surface area contributed by atoms with E-state index in [4.69, 9.17) is 5.11 Å². The van der Waals surface area contributed by atoms with Crippen molar-refractivity contribution in [1.29, 1.82) is 0 Å². The molecule has 7 heteroatoms. The summed E-state index contributed by atoms with van der Waals surface area (Å²) in [5.74, 6) is -1.96. The van der Waals surface area contributed by atoms with E-state index in [1.165, 1.54) is 0 Å². The molecule has 0 spiro atoms. The molecule has 0 aromatic rings. The molecule has 0 saturated carbocycles. The van der Waals surface area contributed by atoms with Gasteiger partial charge in [0, 0.05) is 17.6 Å². The molecule has 1 heterocycles. The van der Waals surface area contributed by atoms with Gasteiger partial charge in [-0.2, -0.15) is 0 Å². The van der Waals surface area contributed by atoms with Gasteiger partial charge in [0.25, 0.3) is 0 Å². The smallest absolute Gasteiger partial charge is 0.417 e. The summed E-state index contributed by atoms with van der Waals surface area (Å²) in [6.45, 7) is 9.40. The zero-order valence-corrected chi connectivity index (χ0v) is 14.4. The Kier molecular flexibility index (Phi) is 8.00. The molecule has 0 unspecified atom stereocenters. The predicted molar refractivity (Wildman–Crippen MR) is 81.2 cm³/mol. The van der Waals surface area contributed by atoms with Gasteiger partial charge in [0.05, 0.1) is 26.9 Å². The van der Waals surface area contributed by atoms with Crippen LogP contribution in [0.25, 0.3) is 0 Å². The molecule has 1 aliphatic heterocycles. The first-order chi connectivity index (χ1) is 10.0. The van der Waals surface area contributed by atoms with E-state index in [0.717, 1.165) is 27.1 Å². The molecule has 0 aliphatic carbocycles. The maximum Gasteiger partial charge on any atom is 0.417 e. The van der Waals surface area contributed by atoms with E-state index in [9.17, 15) is 14.7 Å². The standard InChI is InChI=1S/C11H23NO2.C4H6O4/c1-10(2)7-9(14)8-11(3,4)12(10)5-6-13;1-7-3(5)4(6)8-2/h9,13-14H,5-8H2,1-4H3;1-2H3. The number of nitrogens with zero attached hydrogens (tertiary/aromatic N) is 1. The van der Waals surface area contributed by atoms with Crippen molar-refractivity contribution >= 4 is 11.9 Å². The first kappa shape index (κ1) is 20.8. The monoisotopic (exact) mass is 319 g/mol. The molecule has 130 valence electrons. The number of carbonyl (C=O) groups excluding carboxylic acids is 2. The molecule has 0 bridgehead atoms. The number of rotatable bonds is 2. The normalized spacial score (nSPS) is 20.5. The summed E-state index contributed by atoms with van der Waals surface area (Å²) in [5.41, 5.74) is -0.0478. The largest absolute Gasteiger partial charge is 0.461 e. The first-order valence-corrected chi connectivity index (χ1v) is 7.24. The van der Waals surface area contributed by atoms with Crippen LogP contribution in [0, 0.1) is 0 Å². The third kappa shape index (κ3) is 5.90. The van der Waals surface area contributed by atoms with Gasteiger partial charge in [-0.25, -0.2) is 9.59 Å². The molecule has 7 nitrogen and oxygen atoms in total. The van der Waals surface area contributed by atoms with Gasteiger partial charge >= 0.3 is 11.9 Å². The highest BCUT2D eigenvalue weighted by Crippen LogP contribution is 2.37. The summed E-state index contributed by atoms with van der Waals surface area (Å²) in [6.07, 6.45) is 1.36. The van der Waals surface area contributed by atoms with Crippen LogP contribution in [0.1, 0.15) is 40.5 Å². The van der Waals surface area contributed by atoms with Crippen molar-refractivity contribution in [2.24, 2.45) is 0 Å². The van der Waals surface area contributed by atoms with Crippen LogP contribution in [-0.2, 0) is 19.1 Å². The summed E-state index contributed by atoms with van der Waals surface area (Å²) in [7, 11) is 2.22. The zero-order valence-electron chi connectivity index (χ0n) is 14.4. The topological polar surface area (TPSA) is 96.3 Å². The Morgan fingerprint density at radius 1 is 1.05 bits per heavy atom. The van der Waals surface area contributed by atoms with E-state index in [-0.39, 0.29) is 23.8 Å². The molecular weight excluding hydrogens is 290 g/mol. The zero-order chi connectivity index (χ0) is 17.6. The van der Waals surface area contributed by atoms with E-state index < -0.39 is 11.9 Å². The SMILES string of the molecule is CC1(C)CC(O)CC(C)(C)N1CCO.COC(=O)C(=O)OC. The third-order valence-corrected chi connectivity index (χ3v) is 3.79. The van der Waals surface area contributed by atoms with E-state index in [1.54, 1.807) is 0 Å². The quantitative estimate of drug-likeness (QED) is 0.559. The van der Waals surface area contributed by atoms with E-state index in [1.807, 2.05) is 0 Å². The fraction of sp³-hybridized carbons (Fsp3) is 0.867. The Morgan fingerprint density at radius 2 is 1.41 bits per heavy atom. The maximum atomic E-state index is 10.0. The van der Waals surface area contributed by atoms with Crippen LogP contribution < -0.4 is 0 Å². The molecule has 0 radical (unpaired) electrons. The first-order valence-electron chi connectivity index (χ1n) is 7.24. The van der Waals surface area contributed by atoms with Crippen LogP contribution in [0.3, 0.4) is 0 Å².